The summed E-state index contributed by atoms with van der Waals surface area (Å²) in [6, 6.07) is 12.9. The van der Waals surface area contributed by atoms with Crippen LogP contribution in [0.15, 0.2) is 76.9 Å². The molecule has 0 saturated carbocycles. The molecule has 0 unspecified atom stereocenters. The first kappa shape index (κ1) is 19.2. The first-order valence-electron chi connectivity index (χ1n) is 8.12. The Hall–Kier alpha value is -3.62. The molecule has 1 heterocycles. The van der Waals surface area contributed by atoms with Crippen LogP contribution in [0.3, 0.4) is 0 Å². The van der Waals surface area contributed by atoms with Crippen molar-refractivity contribution in [2.24, 2.45) is 4.99 Å². The Morgan fingerprint density at radius 3 is 2.64 bits per heavy atom. The number of hydrogen-bond donors (Lipinski definition) is 1. The lowest BCUT2D eigenvalue weighted by atomic mass is 10.1. The summed E-state index contributed by atoms with van der Waals surface area (Å²) in [6.07, 6.45) is -2.64. The number of aromatic nitrogens is 2. The average Bonchev–Trinajstić information content (AvgIpc) is 3.10. The minimum Gasteiger partial charge on any atom is -0.846 e. The summed E-state index contributed by atoms with van der Waals surface area (Å²) in [5.74, 6) is -0.112. The number of nitrogens with one attached hydrogen (secondary N) is 1. The van der Waals surface area contributed by atoms with E-state index in [0.29, 0.717) is 12.1 Å². The van der Waals surface area contributed by atoms with Gasteiger partial charge in [0.15, 0.2) is 0 Å². The molecular weight excluding hydrogens is 373 g/mol. The molecule has 1 N–H and O–H groups in total. The highest BCUT2D eigenvalue weighted by Crippen LogP contribution is 2.30. The van der Waals surface area contributed by atoms with Gasteiger partial charge in [0.2, 0.25) is 11.0 Å². The molecular formula is C19H15F3N4O2. The number of benzene rings is 2. The average molecular weight is 388 g/mol. The Labute approximate surface area is 158 Å². The van der Waals surface area contributed by atoms with Crippen LogP contribution in [0.2, 0.25) is 0 Å². The third-order valence-electron chi connectivity index (χ3n) is 3.68. The highest BCUT2D eigenvalue weighted by Gasteiger charge is 2.30. The van der Waals surface area contributed by atoms with E-state index in [2.05, 4.69) is 22.2 Å². The van der Waals surface area contributed by atoms with E-state index in [9.17, 15) is 18.3 Å². The van der Waals surface area contributed by atoms with Crippen molar-refractivity contribution in [1.29, 1.82) is 0 Å². The fourth-order valence-corrected chi connectivity index (χ4v) is 2.37. The standard InChI is InChI=1S/C19H15F3N4O2/c1-13(10-14-6-3-2-4-7-14)26-12-17(28-25-26)24-18(27)23-16-9-5-8-15(11-16)19(20,21)22/h2-9,11-12H,1,10H2,(H-,23,24,25,27). The molecule has 0 aliphatic heterocycles. The van der Waals surface area contributed by atoms with Crippen LogP contribution in [0.5, 0.6) is 0 Å². The maximum absolute atomic E-state index is 12.7. The van der Waals surface area contributed by atoms with Gasteiger partial charge in [0, 0.05) is 5.69 Å². The number of rotatable bonds is 5. The van der Waals surface area contributed by atoms with Crippen molar-refractivity contribution in [1.82, 2.24) is 5.27 Å². The van der Waals surface area contributed by atoms with Gasteiger partial charge < -0.3 is 10.4 Å². The summed E-state index contributed by atoms with van der Waals surface area (Å²) < 4.78 is 44.4. The number of aliphatic imine (C=N–C) groups is 1. The van der Waals surface area contributed by atoms with Gasteiger partial charge in [-0.15, -0.1) is 0 Å². The summed E-state index contributed by atoms with van der Waals surface area (Å²) in [4.78, 5) is 3.63. The maximum atomic E-state index is 12.7. The first-order chi connectivity index (χ1) is 13.3. The smallest absolute Gasteiger partial charge is 0.416 e. The second kappa shape index (κ2) is 7.95. The number of allylic oxidation sites excluding steroid dienone is 1. The molecule has 3 aromatic rings. The third kappa shape index (κ3) is 4.97. The number of nitrogens with zero attached hydrogens (tertiary/aromatic N) is 3. The molecule has 1 aromatic heterocycles. The molecule has 0 atom stereocenters. The largest absolute Gasteiger partial charge is 0.846 e. The number of amidine groups is 1. The lowest BCUT2D eigenvalue weighted by molar-refractivity contribution is -0.658. The van der Waals surface area contributed by atoms with Crippen LogP contribution in [-0.2, 0) is 12.6 Å². The van der Waals surface area contributed by atoms with Crippen molar-refractivity contribution in [2.45, 2.75) is 12.6 Å². The maximum Gasteiger partial charge on any atom is 0.416 e. The van der Waals surface area contributed by atoms with Gasteiger partial charge in [-0.05, 0) is 35.0 Å². The summed E-state index contributed by atoms with van der Waals surface area (Å²) in [5, 5.41) is 17.9. The zero-order valence-corrected chi connectivity index (χ0v) is 14.5. The van der Waals surface area contributed by atoms with Gasteiger partial charge in [0.05, 0.1) is 18.0 Å². The molecule has 0 radical (unpaired) electrons. The summed E-state index contributed by atoms with van der Waals surface area (Å²) in [5.41, 5.74) is 0.697. The number of alkyl halides is 3. The molecule has 0 aliphatic carbocycles. The number of anilines is 1. The highest BCUT2D eigenvalue weighted by atomic mass is 19.4. The van der Waals surface area contributed by atoms with Crippen LogP contribution in [0.4, 0.5) is 24.7 Å². The Bertz CT molecular complexity index is 998. The second-order valence-corrected chi connectivity index (χ2v) is 5.83. The van der Waals surface area contributed by atoms with Crippen LogP contribution in [0.1, 0.15) is 11.1 Å². The van der Waals surface area contributed by atoms with E-state index in [-0.39, 0.29) is 11.6 Å². The van der Waals surface area contributed by atoms with Crippen molar-refractivity contribution in [2.75, 3.05) is 5.32 Å². The lowest BCUT2D eigenvalue weighted by Gasteiger charge is -2.14. The molecule has 0 amide bonds. The van der Waals surface area contributed by atoms with Crippen LogP contribution in [-0.4, -0.2) is 11.3 Å². The normalized spacial score (nSPS) is 12.0. The summed E-state index contributed by atoms with van der Waals surface area (Å²) in [6.45, 7) is 3.90. The van der Waals surface area contributed by atoms with Gasteiger partial charge >= 0.3 is 12.1 Å². The van der Waals surface area contributed by atoms with Gasteiger partial charge in [-0.3, -0.25) is 4.52 Å². The lowest BCUT2D eigenvalue weighted by Crippen LogP contribution is -2.33. The van der Waals surface area contributed by atoms with Gasteiger partial charge in [0.1, 0.15) is 0 Å². The molecule has 0 spiro atoms. The zero-order chi connectivity index (χ0) is 20.1. The van der Waals surface area contributed by atoms with E-state index in [1.54, 1.807) is 0 Å². The van der Waals surface area contributed by atoms with Crippen LogP contribution in [0, 0.1) is 0 Å². The van der Waals surface area contributed by atoms with Crippen molar-refractivity contribution in [3.05, 3.63) is 78.5 Å². The Kier molecular flexibility index (Phi) is 5.44. The molecule has 0 saturated heterocycles. The highest BCUT2D eigenvalue weighted by molar-refractivity contribution is 5.87. The molecule has 3 rings (SSSR count). The molecule has 9 heteroatoms. The third-order valence-corrected chi connectivity index (χ3v) is 3.68. The van der Waals surface area contributed by atoms with E-state index in [1.165, 1.54) is 23.0 Å². The molecule has 0 fully saturated rings. The molecule has 0 aliphatic rings. The van der Waals surface area contributed by atoms with Crippen molar-refractivity contribution >= 4 is 23.3 Å². The minimum atomic E-state index is -4.51. The fourth-order valence-electron chi connectivity index (χ4n) is 2.37. The predicted molar refractivity (Wildman–Crippen MR) is 94.3 cm³/mol. The molecule has 0 bridgehead atoms. The zero-order valence-electron chi connectivity index (χ0n) is 14.5. The predicted octanol–water partition coefficient (Wildman–Crippen LogP) is 3.15. The summed E-state index contributed by atoms with van der Waals surface area (Å²) in [7, 11) is 0. The Morgan fingerprint density at radius 1 is 1.18 bits per heavy atom. The Balaban J connectivity index is 1.68. The molecule has 28 heavy (non-hydrogen) atoms. The van der Waals surface area contributed by atoms with Gasteiger partial charge in [-0.25, -0.2) is 4.99 Å². The van der Waals surface area contributed by atoms with Gasteiger partial charge in [-0.1, -0.05) is 36.4 Å². The monoisotopic (exact) mass is 388 g/mol. The number of halogens is 3. The van der Waals surface area contributed by atoms with E-state index in [0.717, 1.165) is 17.7 Å². The van der Waals surface area contributed by atoms with Gasteiger partial charge in [0.25, 0.3) is 6.20 Å². The van der Waals surface area contributed by atoms with Crippen molar-refractivity contribution < 1.29 is 27.5 Å². The number of hydrogen-bond acceptors (Lipinski definition) is 4. The second-order valence-electron chi connectivity index (χ2n) is 5.83. The van der Waals surface area contributed by atoms with E-state index in [4.69, 9.17) is 4.52 Å². The fraction of sp³-hybridized carbons (Fsp3) is 0.105. The van der Waals surface area contributed by atoms with Crippen molar-refractivity contribution in [3.63, 3.8) is 0 Å². The first-order valence-corrected chi connectivity index (χ1v) is 8.12. The van der Waals surface area contributed by atoms with Crippen molar-refractivity contribution in [3.8, 4) is 0 Å². The quantitative estimate of drug-likeness (QED) is 0.414. The summed E-state index contributed by atoms with van der Waals surface area (Å²) >= 11 is 0. The van der Waals surface area contributed by atoms with Crippen LogP contribution >= 0.6 is 0 Å². The van der Waals surface area contributed by atoms with Crippen LogP contribution in [0.25, 0.3) is 5.70 Å². The van der Waals surface area contributed by atoms with Crippen LogP contribution < -0.4 is 15.1 Å². The SMILES string of the molecule is C=C(Cc1ccccc1)[n+]1cc(N=C([O-])Nc2cccc(C(F)(F)F)c2)on1. The van der Waals surface area contributed by atoms with Gasteiger partial charge in [-0.2, -0.15) is 13.2 Å². The van der Waals surface area contributed by atoms with E-state index in [1.807, 2.05) is 30.3 Å². The molecule has 144 valence electrons. The molecule has 2 aromatic carbocycles. The Morgan fingerprint density at radius 2 is 1.93 bits per heavy atom. The topological polar surface area (TPSA) is 77.4 Å². The van der Waals surface area contributed by atoms with E-state index < -0.39 is 17.8 Å². The minimum absolute atomic E-state index is 0.0375. The van der Waals surface area contributed by atoms with E-state index >= 15 is 0 Å². The molecule has 6 nitrogen and oxygen atoms in total.